The zero-order valence-electron chi connectivity index (χ0n) is 4.66. The lowest BCUT2D eigenvalue weighted by molar-refractivity contribution is -0.150. The Hall–Kier alpha value is -1.16. The average molecular weight is 130 g/mol. The van der Waals surface area contributed by atoms with Gasteiger partial charge in [0.25, 0.3) is 5.78 Å². The summed E-state index contributed by atoms with van der Waals surface area (Å²) >= 11 is 0. The summed E-state index contributed by atoms with van der Waals surface area (Å²) in [6, 6.07) is 0. The zero-order chi connectivity index (χ0) is 7.28. The number of hydrogen-bond donors (Lipinski definition) is 1. The second-order valence-electron chi connectivity index (χ2n) is 1.15. The molecule has 0 heterocycles. The van der Waals surface area contributed by atoms with Crippen LogP contribution in [-0.4, -0.2) is 23.5 Å². The number of carbonyl (C=O) groups is 2. The third-order valence-corrected chi connectivity index (χ3v) is 0.562. The number of hydrogen-bond acceptors (Lipinski definition) is 4. The molecule has 9 heavy (non-hydrogen) atoms. The van der Waals surface area contributed by atoms with Crippen LogP contribution in [0.15, 0.2) is 12.8 Å². The highest BCUT2D eigenvalue weighted by atomic mass is 16.5. The van der Waals surface area contributed by atoms with E-state index in [4.69, 9.17) is 5.11 Å². The van der Waals surface area contributed by atoms with Gasteiger partial charge in [-0.05, 0) is 0 Å². The summed E-state index contributed by atoms with van der Waals surface area (Å²) in [5.41, 5.74) is 0. The Morgan fingerprint density at radius 3 is 2.56 bits per heavy atom. The van der Waals surface area contributed by atoms with Crippen LogP contribution in [-0.2, 0) is 14.3 Å². The first-order valence-corrected chi connectivity index (χ1v) is 2.18. The topological polar surface area (TPSA) is 63.6 Å². The molecule has 0 saturated carbocycles. The molecule has 0 bridgehead atoms. The summed E-state index contributed by atoms with van der Waals surface area (Å²) in [4.78, 5) is 20.3. The molecule has 0 rings (SSSR count). The fourth-order valence-corrected chi connectivity index (χ4v) is 0.206. The SMILES string of the molecule is C=COC(=O)C(=O)CO. The van der Waals surface area contributed by atoms with Gasteiger partial charge in [-0.25, -0.2) is 4.79 Å². The first kappa shape index (κ1) is 7.84. The number of rotatable bonds is 3. The van der Waals surface area contributed by atoms with E-state index in [0.717, 1.165) is 6.26 Å². The fraction of sp³-hybridized carbons (Fsp3) is 0.200. The third kappa shape index (κ3) is 2.61. The molecule has 4 nitrogen and oxygen atoms in total. The van der Waals surface area contributed by atoms with E-state index in [9.17, 15) is 9.59 Å². The molecular formula is C5H6O4. The second-order valence-corrected chi connectivity index (χ2v) is 1.15. The molecule has 4 heteroatoms. The smallest absolute Gasteiger partial charge is 0.381 e. The number of carbonyl (C=O) groups excluding carboxylic acids is 2. The van der Waals surface area contributed by atoms with Crippen LogP contribution < -0.4 is 0 Å². The Morgan fingerprint density at radius 1 is 1.67 bits per heavy atom. The molecule has 0 aromatic rings. The van der Waals surface area contributed by atoms with Crippen LogP contribution in [0.1, 0.15) is 0 Å². The van der Waals surface area contributed by atoms with Gasteiger partial charge >= 0.3 is 5.97 Å². The van der Waals surface area contributed by atoms with Gasteiger partial charge in [0.2, 0.25) is 0 Å². The van der Waals surface area contributed by atoms with Crippen LogP contribution in [0.2, 0.25) is 0 Å². The Morgan fingerprint density at radius 2 is 2.22 bits per heavy atom. The zero-order valence-corrected chi connectivity index (χ0v) is 4.66. The third-order valence-electron chi connectivity index (χ3n) is 0.562. The van der Waals surface area contributed by atoms with E-state index < -0.39 is 18.4 Å². The summed E-state index contributed by atoms with van der Waals surface area (Å²) in [6.45, 7) is 2.21. The molecule has 0 aliphatic carbocycles. The van der Waals surface area contributed by atoms with Crippen LogP contribution in [0.3, 0.4) is 0 Å². The van der Waals surface area contributed by atoms with Gasteiger partial charge in [0.05, 0.1) is 6.26 Å². The summed E-state index contributed by atoms with van der Waals surface area (Å²) in [6.07, 6.45) is 0.829. The van der Waals surface area contributed by atoms with Crippen molar-refractivity contribution >= 4 is 11.8 Å². The lowest BCUT2D eigenvalue weighted by atomic mass is 10.4. The minimum absolute atomic E-state index is 0.827. The molecule has 0 saturated heterocycles. The minimum Gasteiger partial charge on any atom is -0.429 e. The van der Waals surface area contributed by atoms with Gasteiger partial charge in [-0.15, -0.1) is 0 Å². The molecular weight excluding hydrogens is 124 g/mol. The molecule has 0 fully saturated rings. The minimum atomic E-state index is -1.09. The van der Waals surface area contributed by atoms with E-state index >= 15 is 0 Å². The van der Waals surface area contributed by atoms with Crippen molar-refractivity contribution in [1.29, 1.82) is 0 Å². The normalized spacial score (nSPS) is 8.11. The molecule has 50 valence electrons. The van der Waals surface area contributed by atoms with Crippen LogP contribution in [0, 0.1) is 0 Å². The van der Waals surface area contributed by atoms with Crippen molar-refractivity contribution in [2.45, 2.75) is 0 Å². The Bertz CT molecular complexity index is 138. The molecule has 0 atom stereocenters. The van der Waals surface area contributed by atoms with Gasteiger partial charge in [-0.1, -0.05) is 6.58 Å². The number of ether oxygens (including phenoxy) is 1. The summed E-state index contributed by atoms with van der Waals surface area (Å²) in [7, 11) is 0. The molecule has 1 N–H and O–H groups in total. The van der Waals surface area contributed by atoms with Gasteiger partial charge < -0.3 is 9.84 Å². The maximum Gasteiger partial charge on any atom is 0.381 e. The Balaban J connectivity index is 3.73. The number of esters is 1. The molecule has 0 spiro atoms. The maximum atomic E-state index is 10.2. The van der Waals surface area contributed by atoms with Gasteiger partial charge in [0.1, 0.15) is 6.61 Å². The highest BCUT2D eigenvalue weighted by Crippen LogP contribution is 1.78. The first-order chi connectivity index (χ1) is 4.22. The van der Waals surface area contributed by atoms with Crippen molar-refractivity contribution in [3.05, 3.63) is 12.8 Å². The van der Waals surface area contributed by atoms with Gasteiger partial charge in [0, 0.05) is 0 Å². The molecule has 0 amide bonds. The van der Waals surface area contributed by atoms with E-state index in [0.29, 0.717) is 0 Å². The predicted molar refractivity (Wildman–Crippen MR) is 28.4 cm³/mol. The van der Waals surface area contributed by atoms with Gasteiger partial charge in [-0.3, -0.25) is 4.79 Å². The van der Waals surface area contributed by atoms with E-state index in [2.05, 4.69) is 11.3 Å². The summed E-state index contributed by atoms with van der Waals surface area (Å²) in [5.74, 6) is -2.07. The van der Waals surface area contributed by atoms with Crippen LogP contribution >= 0.6 is 0 Å². The highest BCUT2D eigenvalue weighted by Gasteiger charge is 2.11. The highest BCUT2D eigenvalue weighted by molar-refractivity contribution is 6.34. The standard InChI is InChI=1S/C5H6O4/c1-2-9-5(8)4(7)3-6/h2,6H,1,3H2. The summed E-state index contributed by atoms with van der Waals surface area (Å²) in [5, 5.41) is 8.05. The predicted octanol–water partition coefficient (Wildman–Crippen LogP) is -0.766. The van der Waals surface area contributed by atoms with Crippen LogP contribution in [0.4, 0.5) is 0 Å². The molecule has 0 aromatic heterocycles. The molecule has 0 unspecified atom stereocenters. The largest absolute Gasteiger partial charge is 0.429 e. The monoisotopic (exact) mass is 130 g/mol. The van der Waals surface area contributed by atoms with Crippen molar-refractivity contribution in [3.63, 3.8) is 0 Å². The number of Topliss-reactive ketones (excluding diaryl/α,β-unsaturated/α-hetero) is 1. The van der Waals surface area contributed by atoms with Crippen LogP contribution in [0.25, 0.3) is 0 Å². The average Bonchev–Trinajstić information content (AvgIpc) is 1.87. The van der Waals surface area contributed by atoms with Crippen molar-refractivity contribution < 1.29 is 19.4 Å². The molecule has 0 radical (unpaired) electrons. The second kappa shape index (κ2) is 3.80. The van der Waals surface area contributed by atoms with E-state index in [1.54, 1.807) is 0 Å². The first-order valence-electron chi connectivity index (χ1n) is 2.18. The Kier molecular flexibility index (Phi) is 3.31. The van der Waals surface area contributed by atoms with Gasteiger partial charge in [-0.2, -0.15) is 0 Å². The molecule has 0 aromatic carbocycles. The number of aliphatic hydroxyl groups excluding tert-OH is 1. The van der Waals surface area contributed by atoms with Gasteiger partial charge in [0.15, 0.2) is 0 Å². The maximum absolute atomic E-state index is 10.2. The number of ketones is 1. The van der Waals surface area contributed by atoms with E-state index in [1.165, 1.54) is 0 Å². The van der Waals surface area contributed by atoms with Crippen molar-refractivity contribution in [2.75, 3.05) is 6.61 Å². The molecule has 0 aliphatic rings. The lowest BCUT2D eigenvalue weighted by Gasteiger charge is -1.91. The van der Waals surface area contributed by atoms with E-state index in [1.807, 2.05) is 0 Å². The van der Waals surface area contributed by atoms with Crippen LogP contribution in [0.5, 0.6) is 0 Å². The van der Waals surface area contributed by atoms with Crippen molar-refractivity contribution in [2.24, 2.45) is 0 Å². The van der Waals surface area contributed by atoms with Crippen molar-refractivity contribution in [1.82, 2.24) is 0 Å². The van der Waals surface area contributed by atoms with E-state index in [-0.39, 0.29) is 0 Å². The quantitative estimate of drug-likeness (QED) is 0.309. The lowest BCUT2D eigenvalue weighted by Crippen LogP contribution is -2.18. The van der Waals surface area contributed by atoms with Crippen molar-refractivity contribution in [3.8, 4) is 0 Å². The fourth-order valence-electron chi connectivity index (χ4n) is 0.206. The number of aliphatic hydroxyl groups is 1. The Labute approximate surface area is 51.7 Å². The molecule has 0 aliphatic heterocycles. The summed E-state index contributed by atoms with van der Waals surface area (Å²) < 4.78 is 4.01.